The molecule has 0 aliphatic carbocycles. The standard InChI is InChI=1S/C21H22N4O3S/c1-29-19-17(8-5-11-22-19)20(27)23-12-9-15(10-13-23)24-14-18(26)25(21(24)28)16-6-3-2-4-7-16/h2-8,11,15H,9-10,12-14H2,1H3. The number of benzene rings is 1. The van der Waals surface area contributed by atoms with Crippen molar-refractivity contribution in [2.45, 2.75) is 23.9 Å². The maximum atomic E-state index is 12.9. The van der Waals surface area contributed by atoms with Crippen LogP contribution < -0.4 is 4.90 Å². The SMILES string of the molecule is CSc1ncccc1C(=O)N1CCC(N2CC(=O)N(c3ccccc3)C2=O)CC1. The third-order valence-corrected chi connectivity index (χ3v) is 6.11. The van der Waals surface area contributed by atoms with Gasteiger partial charge in [0.25, 0.3) is 11.8 Å². The van der Waals surface area contributed by atoms with Gasteiger partial charge in [-0.25, -0.2) is 14.7 Å². The molecule has 0 radical (unpaired) electrons. The summed E-state index contributed by atoms with van der Waals surface area (Å²) in [5.74, 6) is -0.240. The summed E-state index contributed by atoms with van der Waals surface area (Å²) < 4.78 is 0. The van der Waals surface area contributed by atoms with E-state index in [1.54, 1.807) is 35.4 Å². The summed E-state index contributed by atoms with van der Waals surface area (Å²) in [5, 5.41) is 0.721. The van der Waals surface area contributed by atoms with E-state index in [-0.39, 0.29) is 30.4 Å². The number of anilines is 1. The van der Waals surface area contributed by atoms with E-state index in [1.165, 1.54) is 16.7 Å². The van der Waals surface area contributed by atoms with Crippen molar-refractivity contribution < 1.29 is 14.4 Å². The Kier molecular flexibility index (Phi) is 5.53. The number of hydrogen-bond donors (Lipinski definition) is 0. The minimum Gasteiger partial charge on any atom is -0.338 e. The first kappa shape index (κ1) is 19.4. The Balaban J connectivity index is 1.42. The highest BCUT2D eigenvalue weighted by Crippen LogP contribution is 2.27. The molecule has 7 nitrogen and oxygen atoms in total. The molecule has 1 aromatic heterocycles. The number of imide groups is 1. The van der Waals surface area contributed by atoms with E-state index >= 15 is 0 Å². The highest BCUT2D eigenvalue weighted by Gasteiger charge is 2.41. The molecule has 29 heavy (non-hydrogen) atoms. The van der Waals surface area contributed by atoms with Crippen LogP contribution in [0.1, 0.15) is 23.2 Å². The average Bonchev–Trinajstić information content (AvgIpc) is 3.07. The van der Waals surface area contributed by atoms with Crippen molar-refractivity contribution in [3.05, 3.63) is 54.2 Å². The smallest absolute Gasteiger partial charge is 0.332 e. The van der Waals surface area contributed by atoms with E-state index < -0.39 is 0 Å². The van der Waals surface area contributed by atoms with E-state index in [9.17, 15) is 14.4 Å². The number of thioether (sulfide) groups is 1. The predicted molar refractivity (Wildman–Crippen MR) is 111 cm³/mol. The molecule has 2 saturated heterocycles. The molecule has 2 fully saturated rings. The summed E-state index contributed by atoms with van der Waals surface area (Å²) in [5.41, 5.74) is 1.21. The minimum absolute atomic E-state index is 0.0318. The number of carbonyl (C=O) groups excluding carboxylic acids is 3. The molecule has 8 heteroatoms. The zero-order valence-electron chi connectivity index (χ0n) is 16.2. The number of piperidine rings is 1. The lowest BCUT2D eigenvalue weighted by Crippen LogP contribution is -2.48. The Hall–Kier alpha value is -2.87. The van der Waals surface area contributed by atoms with Crippen LogP contribution in [0.3, 0.4) is 0 Å². The summed E-state index contributed by atoms with van der Waals surface area (Å²) in [7, 11) is 0. The number of amides is 4. The van der Waals surface area contributed by atoms with Gasteiger partial charge in [-0.2, -0.15) is 0 Å². The fraction of sp³-hybridized carbons (Fsp3) is 0.333. The number of nitrogens with zero attached hydrogens (tertiary/aromatic N) is 4. The quantitative estimate of drug-likeness (QED) is 0.572. The molecule has 4 amide bonds. The average molecular weight is 410 g/mol. The van der Waals surface area contributed by atoms with Gasteiger partial charge in [-0.1, -0.05) is 18.2 Å². The van der Waals surface area contributed by atoms with Crippen molar-refractivity contribution in [2.75, 3.05) is 30.8 Å². The van der Waals surface area contributed by atoms with Crippen LogP contribution in [0, 0.1) is 0 Å². The van der Waals surface area contributed by atoms with Gasteiger partial charge in [-0.05, 0) is 43.4 Å². The van der Waals surface area contributed by atoms with Crippen LogP contribution >= 0.6 is 11.8 Å². The topological polar surface area (TPSA) is 73.8 Å². The highest BCUT2D eigenvalue weighted by atomic mass is 32.2. The van der Waals surface area contributed by atoms with E-state index in [1.807, 2.05) is 29.4 Å². The molecule has 2 aliphatic rings. The second-order valence-corrected chi connectivity index (χ2v) is 7.85. The number of pyridine rings is 1. The van der Waals surface area contributed by atoms with Crippen molar-refractivity contribution in [3.8, 4) is 0 Å². The van der Waals surface area contributed by atoms with E-state index in [2.05, 4.69) is 4.98 Å². The number of hydrogen-bond acceptors (Lipinski definition) is 5. The van der Waals surface area contributed by atoms with Gasteiger partial charge in [0, 0.05) is 25.3 Å². The molecule has 0 bridgehead atoms. The molecule has 0 N–H and O–H groups in total. The molecule has 3 heterocycles. The fourth-order valence-corrected chi connectivity index (χ4v) is 4.44. The van der Waals surface area contributed by atoms with Crippen LogP contribution in [-0.4, -0.2) is 64.6 Å². The van der Waals surface area contributed by atoms with Gasteiger partial charge in [-0.3, -0.25) is 9.59 Å². The Morgan fingerprint density at radius 3 is 2.48 bits per heavy atom. The van der Waals surface area contributed by atoms with Crippen molar-refractivity contribution in [2.24, 2.45) is 0 Å². The van der Waals surface area contributed by atoms with Crippen molar-refractivity contribution >= 4 is 35.3 Å². The van der Waals surface area contributed by atoms with E-state index in [0.29, 0.717) is 37.2 Å². The maximum Gasteiger partial charge on any atom is 0.332 e. The van der Waals surface area contributed by atoms with Crippen LogP contribution in [0.2, 0.25) is 0 Å². The lowest BCUT2D eigenvalue weighted by Gasteiger charge is -2.36. The zero-order chi connectivity index (χ0) is 20.4. The number of rotatable bonds is 4. The molecule has 2 aromatic rings. The predicted octanol–water partition coefficient (Wildman–Crippen LogP) is 2.88. The van der Waals surface area contributed by atoms with Gasteiger partial charge in [0.15, 0.2) is 0 Å². The first-order valence-corrected chi connectivity index (χ1v) is 10.8. The number of para-hydroxylation sites is 1. The summed E-state index contributed by atoms with van der Waals surface area (Å²) >= 11 is 1.45. The minimum atomic E-state index is -0.275. The number of urea groups is 1. The van der Waals surface area contributed by atoms with Crippen molar-refractivity contribution in [1.82, 2.24) is 14.8 Å². The molecule has 0 spiro atoms. The van der Waals surface area contributed by atoms with Crippen LogP contribution in [0.25, 0.3) is 0 Å². The Labute approximate surface area is 173 Å². The molecule has 0 atom stereocenters. The van der Waals surface area contributed by atoms with Gasteiger partial charge in [0.1, 0.15) is 11.6 Å². The first-order valence-electron chi connectivity index (χ1n) is 9.57. The highest BCUT2D eigenvalue weighted by molar-refractivity contribution is 7.98. The fourth-order valence-electron chi connectivity index (χ4n) is 3.90. The van der Waals surface area contributed by atoms with Crippen LogP contribution in [-0.2, 0) is 4.79 Å². The summed E-state index contributed by atoms with van der Waals surface area (Å²) in [6.07, 6.45) is 4.90. The molecule has 2 aliphatic heterocycles. The van der Waals surface area contributed by atoms with Gasteiger partial charge < -0.3 is 9.80 Å². The molecule has 0 unspecified atom stereocenters. The molecular formula is C21H22N4O3S. The normalized spacial score (nSPS) is 17.9. The lowest BCUT2D eigenvalue weighted by atomic mass is 10.0. The van der Waals surface area contributed by atoms with E-state index in [0.717, 1.165) is 5.03 Å². The zero-order valence-corrected chi connectivity index (χ0v) is 17.0. The molecule has 1 aromatic carbocycles. The second kappa shape index (κ2) is 8.24. The van der Waals surface area contributed by atoms with Gasteiger partial charge in [0.2, 0.25) is 0 Å². The second-order valence-electron chi connectivity index (χ2n) is 7.06. The van der Waals surface area contributed by atoms with Crippen LogP contribution in [0.5, 0.6) is 0 Å². The van der Waals surface area contributed by atoms with Crippen molar-refractivity contribution in [3.63, 3.8) is 0 Å². The van der Waals surface area contributed by atoms with Gasteiger partial charge in [0.05, 0.1) is 11.3 Å². The van der Waals surface area contributed by atoms with Crippen molar-refractivity contribution in [1.29, 1.82) is 0 Å². The van der Waals surface area contributed by atoms with Gasteiger partial charge >= 0.3 is 6.03 Å². The third-order valence-electron chi connectivity index (χ3n) is 5.39. The summed E-state index contributed by atoms with van der Waals surface area (Å²) in [4.78, 5) is 47.2. The number of likely N-dealkylation sites (tertiary alicyclic amines) is 1. The third kappa shape index (κ3) is 3.72. The Morgan fingerprint density at radius 1 is 1.07 bits per heavy atom. The first-order chi connectivity index (χ1) is 14.1. The Bertz CT molecular complexity index is 929. The number of aromatic nitrogens is 1. The molecule has 4 rings (SSSR count). The monoisotopic (exact) mass is 410 g/mol. The largest absolute Gasteiger partial charge is 0.338 e. The molecule has 150 valence electrons. The lowest BCUT2D eigenvalue weighted by molar-refractivity contribution is -0.116. The summed E-state index contributed by atoms with van der Waals surface area (Å²) in [6, 6.07) is 12.2. The molecule has 0 saturated carbocycles. The van der Waals surface area contributed by atoms with Crippen LogP contribution in [0.15, 0.2) is 53.7 Å². The summed E-state index contributed by atoms with van der Waals surface area (Å²) in [6.45, 7) is 1.19. The number of carbonyl (C=O) groups is 3. The maximum absolute atomic E-state index is 12.9. The van der Waals surface area contributed by atoms with Gasteiger partial charge in [-0.15, -0.1) is 11.8 Å². The molecular weight excluding hydrogens is 388 g/mol. The Morgan fingerprint density at radius 2 is 1.79 bits per heavy atom. The van der Waals surface area contributed by atoms with Crippen LogP contribution in [0.4, 0.5) is 10.5 Å². The van der Waals surface area contributed by atoms with E-state index in [4.69, 9.17) is 0 Å².